The van der Waals surface area contributed by atoms with E-state index in [0.29, 0.717) is 0 Å². The lowest BCUT2D eigenvalue weighted by molar-refractivity contribution is -0.114. The number of ether oxygens (including phenoxy) is 1. The van der Waals surface area contributed by atoms with Crippen molar-refractivity contribution in [2.24, 2.45) is 0 Å². The fourth-order valence-corrected chi connectivity index (χ4v) is 6.70. The molecule has 1 aliphatic rings. The van der Waals surface area contributed by atoms with Gasteiger partial charge in [0.2, 0.25) is 15.9 Å². The van der Waals surface area contributed by atoms with Gasteiger partial charge in [0.05, 0.1) is 31.3 Å². The van der Waals surface area contributed by atoms with Crippen LogP contribution in [-0.2, 0) is 24.7 Å². The third-order valence-corrected chi connectivity index (χ3v) is 7.98. The molecule has 1 aliphatic heterocycles. The van der Waals surface area contributed by atoms with Crippen LogP contribution in [0.25, 0.3) is 0 Å². The predicted molar refractivity (Wildman–Crippen MR) is 101 cm³/mol. The van der Waals surface area contributed by atoms with E-state index < -0.39 is 51.1 Å². The summed E-state index contributed by atoms with van der Waals surface area (Å²) in [6, 6.07) is 3.15. The van der Waals surface area contributed by atoms with Gasteiger partial charge in [0.1, 0.15) is 10.6 Å². The van der Waals surface area contributed by atoms with Crippen molar-refractivity contribution >= 4 is 31.5 Å². The van der Waals surface area contributed by atoms with Gasteiger partial charge in [-0.25, -0.2) is 16.8 Å². The largest absolute Gasteiger partial charge is 0.495 e. The topological polar surface area (TPSA) is 150 Å². The zero-order valence-electron chi connectivity index (χ0n) is 15.5. The number of aliphatic hydroxyl groups excluding tert-OH is 2. The number of amides is 1. The summed E-state index contributed by atoms with van der Waals surface area (Å²) in [6.07, 6.45) is -1.31. The first-order valence-electron chi connectivity index (χ1n) is 8.47. The second-order valence-corrected chi connectivity index (χ2v) is 10.6. The van der Waals surface area contributed by atoms with Gasteiger partial charge in [-0.1, -0.05) is 0 Å². The maximum Gasteiger partial charge on any atom is 0.247 e. The van der Waals surface area contributed by atoms with Gasteiger partial charge in [-0.2, -0.15) is 4.31 Å². The number of anilines is 1. The molecule has 1 aromatic rings. The Morgan fingerprint density at radius 1 is 1.43 bits per heavy atom. The van der Waals surface area contributed by atoms with E-state index in [9.17, 15) is 26.7 Å². The quantitative estimate of drug-likeness (QED) is 0.478. The van der Waals surface area contributed by atoms with Gasteiger partial charge < -0.3 is 20.3 Å². The number of nitrogens with zero attached hydrogens (tertiary/aromatic N) is 1. The number of rotatable bonds is 8. The summed E-state index contributed by atoms with van der Waals surface area (Å²) in [5.41, 5.74) is 0.216. The molecule has 1 fully saturated rings. The van der Waals surface area contributed by atoms with Gasteiger partial charge in [0, 0.05) is 25.2 Å². The van der Waals surface area contributed by atoms with Gasteiger partial charge in [-0.15, -0.1) is 0 Å². The van der Waals surface area contributed by atoms with E-state index in [1.54, 1.807) is 0 Å². The number of nitrogens with one attached hydrogen (secondary N) is 1. The van der Waals surface area contributed by atoms with Crippen molar-refractivity contribution in [1.82, 2.24) is 4.31 Å². The molecule has 2 rings (SSSR count). The number of aliphatic hydroxyl groups is 2. The first-order chi connectivity index (χ1) is 13.0. The van der Waals surface area contributed by atoms with Gasteiger partial charge in [-0.05, 0) is 24.6 Å². The predicted octanol–water partition coefficient (Wildman–Crippen LogP) is -0.815. The average molecular weight is 437 g/mol. The Hall–Kier alpha value is -1.73. The number of carbonyl (C=O) groups is 1. The molecule has 0 radical (unpaired) electrons. The molecule has 0 unspecified atom stereocenters. The summed E-state index contributed by atoms with van der Waals surface area (Å²) >= 11 is 0. The molecule has 28 heavy (non-hydrogen) atoms. The molecule has 1 amide bonds. The number of methoxy groups -OCH3 is 1. The SMILES string of the molecule is COc1ccc(NC(C)=O)cc1S(=O)(=O)N(C[C@H](O)CO)[C@@H]1CCS(=O)(=O)C1. The van der Waals surface area contributed by atoms with Crippen LogP contribution in [0, 0.1) is 0 Å². The molecule has 0 saturated carbocycles. The minimum absolute atomic E-state index is 0.00144. The molecular weight excluding hydrogens is 412 g/mol. The molecule has 3 N–H and O–H groups in total. The summed E-state index contributed by atoms with van der Waals surface area (Å²) in [4.78, 5) is 11.0. The van der Waals surface area contributed by atoms with Crippen molar-refractivity contribution in [2.75, 3.05) is 37.1 Å². The lowest BCUT2D eigenvalue weighted by atomic mass is 10.2. The number of benzene rings is 1. The second kappa shape index (κ2) is 8.74. The van der Waals surface area contributed by atoms with Crippen LogP contribution in [0.2, 0.25) is 0 Å². The minimum Gasteiger partial charge on any atom is -0.495 e. The van der Waals surface area contributed by atoms with E-state index >= 15 is 0 Å². The summed E-state index contributed by atoms with van der Waals surface area (Å²) in [7, 11) is -6.45. The highest BCUT2D eigenvalue weighted by molar-refractivity contribution is 7.92. The Bertz CT molecular complexity index is 930. The highest BCUT2D eigenvalue weighted by atomic mass is 32.2. The van der Waals surface area contributed by atoms with Gasteiger partial charge >= 0.3 is 0 Å². The molecule has 0 aliphatic carbocycles. The normalized spacial score (nSPS) is 20.1. The molecule has 0 spiro atoms. The maximum atomic E-state index is 13.3. The molecule has 1 heterocycles. The Kier molecular flexibility index (Phi) is 7.04. The molecule has 1 saturated heterocycles. The highest BCUT2D eigenvalue weighted by Gasteiger charge is 2.40. The third kappa shape index (κ3) is 5.20. The van der Waals surface area contributed by atoms with Crippen LogP contribution >= 0.6 is 0 Å². The third-order valence-electron chi connectivity index (χ3n) is 4.29. The van der Waals surface area contributed by atoms with E-state index in [1.807, 2.05) is 0 Å². The first kappa shape index (κ1) is 22.6. The van der Waals surface area contributed by atoms with Crippen LogP contribution in [-0.4, -0.2) is 81.2 Å². The Balaban J connectivity index is 2.53. The summed E-state index contributed by atoms with van der Waals surface area (Å²) in [6.45, 7) is 0.104. The number of sulfonamides is 1. The molecule has 12 heteroatoms. The minimum atomic E-state index is -4.32. The van der Waals surface area contributed by atoms with Gasteiger partial charge in [0.25, 0.3) is 0 Å². The van der Waals surface area contributed by atoms with Crippen molar-refractivity contribution in [2.45, 2.75) is 30.4 Å². The number of hydrogen-bond acceptors (Lipinski definition) is 8. The van der Waals surface area contributed by atoms with E-state index in [1.165, 1.54) is 32.2 Å². The summed E-state index contributed by atoms with van der Waals surface area (Å²) in [5, 5.41) is 21.5. The molecule has 10 nitrogen and oxygen atoms in total. The first-order valence-corrected chi connectivity index (χ1v) is 11.7. The lowest BCUT2D eigenvalue weighted by Crippen LogP contribution is -2.46. The highest BCUT2D eigenvalue weighted by Crippen LogP contribution is 2.32. The number of sulfone groups is 1. The summed E-state index contributed by atoms with van der Waals surface area (Å²) < 4.78 is 56.4. The van der Waals surface area contributed by atoms with E-state index in [-0.39, 0.29) is 34.3 Å². The fraction of sp³-hybridized carbons (Fsp3) is 0.562. The van der Waals surface area contributed by atoms with Crippen LogP contribution in [0.5, 0.6) is 5.75 Å². The van der Waals surface area contributed by atoms with Gasteiger partial charge in [-0.3, -0.25) is 4.79 Å². The average Bonchev–Trinajstić information content (AvgIpc) is 2.98. The summed E-state index contributed by atoms with van der Waals surface area (Å²) in [5.74, 6) is -0.943. The van der Waals surface area contributed by atoms with Crippen LogP contribution in [0.1, 0.15) is 13.3 Å². The van der Waals surface area contributed by atoms with E-state index in [2.05, 4.69) is 5.32 Å². The standard InChI is InChI=1S/C16H24N2O8S2/c1-11(20)17-12-3-4-15(26-2)16(7-12)28(24,25)18(8-14(21)9-19)13-5-6-27(22,23)10-13/h3-4,7,13-14,19,21H,5-6,8-10H2,1-2H3,(H,17,20)/t13-,14+/m1/s1. The van der Waals surface area contributed by atoms with Crippen molar-refractivity contribution < 1.29 is 36.6 Å². The molecule has 158 valence electrons. The van der Waals surface area contributed by atoms with E-state index in [0.717, 1.165) is 4.31 Å². The molecule has 2 atom stereocenters. The van der Waals surface area contributed by atoms with E-state index in [4.69, 9.17) is 9.84 Å². The Morgan fingerprint density at radius 2 is 2.11 bits per heavy atom. The molecule has 0 bridgehead atoms. The number of carbonyl (C=O) groups excluding carboxylic acids is 1. The van der Waals surface area contributed by atoms with Crippen molar-refractivity contribution in [3.05, 3.63) is 18.2 Å². The van der Waals surface area contributed by atoms with Crippen LogP contribution in [0.15, 0.2) is 23.1 Å². The van der Waals surface area contributed by atoms with Crippen molar-refractivity contribution in [3.63, 3.8) is 0 Å². The van der Waals surface area contributed by atoms with Gasteiger partial charge in [0.15, 0.2) is 9.84 Å². The van der Waals surface area contributed by atoms with Crippen LogP contribution in [0.3, 0.4) is 0 Å². The fourth-order valence-electron chi connectivity index (χ4n) is 3.00. The van der Waals surface area contributed by atoms with Crippen molar-refractivity contribution in [3.8, 4) is 5.75 Å². The molecular formula is C16H24N2O8S2. The lowest BCUT2D eigenvalue weighted by Gasteiger charge is -2.29. The van der Waals surface area contributed by atoms with Crippen LogP contribution < -0.4 is 10.1 Å². The zero-order valence-corrected chi connectivity index (χ0v) is 17.2. The Morgan fingerprint density at radius 3 is 2.61 bits per heavy atom. The maximum absolute atomic E-state index is 13.3. The Labute approximate surface area is 164 Å². The smallest absolute Gasteiger partial charge is 0.247 e. The second-order valence-electron chi connectivity index (χ2n) is 6.51. The van der Waals surface area contributed by atoms with Crippen LogP contribution in [0.4, 0.5) is 5.69 Å². The molecule has 0 aromatic heterocycles. The molecule has 1 aromatic carbocycles. The number of hydrogen-bond donors (Lipinski definition) is 3. The monoisotopic (exact) mass is 436 g/mol. The van der Waals surface area contributed by atoms with Crippen molar-refractivity contribution in [1.29, 1.82) is 0 Å². The zero-order chi connectivity index (χ0) is 21.1.